The highest BCUT2D eigenvalue weighted by Gasteiger charge is 2.26. The van der Waals surface area contributed by atoms with Crippen molar-refractivity contribution < 1.29 is 0 Å². The minimum absolute atomic E-state index is 0. The minimum Gasteiger partial charge on any atom is -0.354 e. The molecule has 4 nitrogen and oxygen atoms in total. The summed E-state index contributed by atoms with van der Waals surface area (Å²) in [5.74, 6) is 1.03. The van der Waals surface area contributed by atoms with Crippen LogP contribution in [0.5, 0.6) is 0 Å². The topological polar surface area (TPSA) is 49.3 Å². The summed E-state index contributed by atoms with van der Waals surface area (Å²) in [6.45, 7) is 2.93. The number of aryl methyl sites for hydroxylation is 2. The number of hydrogen-bond acceptors (Lipinski definition) is 3. The van der Waals surface area contributed by atoms with Gasteiger partial charge in [-0.1, -0.05) is 0 Å². The molecule has 0 unspecified atom stereocenters. The fraction of sp³-hybridized carbons (Fsp3) is 0.714. The number of hydrogen-bond donors (Lipinski definition) is 2. The van der Waals surface area contributed by atoms with E-state index in [9.17, 15) is 0 Å². The van der Waals surface area contributed by atoms with Crippen molar-refractivity contribution >= 4 is 41.3 Å². The summed E-state index contributed by atoms with van der Waals surface area (Å²) in [5.41, 5.74) is 1.13. The van der Waals surface area contributed by atoms with Gasteiger partial charge in [0.25, 0.3) is 0 Å². The van der Waals surface area contributed by atoms with Crippen molar-refractivity contribution in [1.29, 1.82) is 0 Å². The lowest BCUT2D eigenvalue weighted by Crippen LogP contribution is -2.40. The molecule has 0 amide bonds. The van der Waals surface area contributed by atoms with Gasteiger partial charge in [0, 0.05) is 36.1 Å². The molecule has 1 aromatic rings. The third kappa shape index (κ3) is 5.55. The number of aliphatic imine (C=N–C) groups is 1. The molecule has 0 aliphatic heterocycles. The van der Waals surface area contributed by atoms with Crippen LogP contribution in [0.25, 0.3) is 0 Å². The Hall–Kier alpha value is -0.370. The SMILES string of the molecule is Cc1csc(CCCN=C(NC2CC2)NC2CC2)n1.I. The van der Waals surface area contributed by atoms with Gasteiger partial charge in [-0.3, -0.25) is 4.99 Å². The lowest BCUT2D eigenvalue weighted by Gasteiger charge is -2.10. The summed E-state index contributed by atoms with van der Waals surface area (Å²) < 4.78 is 0. The average Bonchev–Trinajstić information content (AvgIpc) is 3.29. The Labute approximate surface area is 141 Å². The standard InChI is InChI=1S/C14H22N4S.HI/c1-10-9-19-13(16-10)3-2-8-15-14(17-11-4-5-11)18-12-6-7-12;/h9,11-12H,2-8H2,1H3,(H2,15,17,18);1H. The largest absolute Gasteiger partial charge is 0.354 e. The molecule has 112 valence electrons. The van der Waals surface area contributed by atoms with E-state index < -0.39 is 0 Å². The number of guanidine groups is 1. The molecule has 0 aromatic carbocycles. The lowest BCUT2D eigenvalue weighted by molar-refractivity contribution is 0.767. The van der Waals surface area contributed by atoms with Gasteiger partial charge in [0.1, 0.15) is 0 Å². The molecule has 1 heterocycles. The van der Waals surface area contributed by atoms with E-state index in [1.54, 1.807) is 11.3 Å². The molecular weight excluding hydrogens is 383 g/mol. The zero-order chi connectivity index (χ0) is 13.1. The maximum atomic E-state index is 4.68. The molecule has 0 radical (unpaired) electrons. The fourth-order valence-electron chi connectivity index (χ4n) is 1.91. The predicted molar refractivity (Wildman–Crippen MR) is 95.2 cm³/mol. The van der Waals surface area contributed by atoms with E-state index in [2.05, 4.69) is 32.9 Å². The second-order valence-corrected chi connectivity index (χ2v) is 6.50. The van der Waals surface area contributed by atoms with Gasteiger partial charge >= 0.3 is 0 Å². The first-order chi connectivity index (χ1) is 9.29. The number of thiazole rings is 1. The predicted octanol–water partition coefficient (Wildman–Crippen LogP) is 2.86. The van der Waals surface area contributed by atoms with Crippen molar-refractivity contribution in [2.45, 2.75) is 57.5 Å². The van der Waals surface area contributed by atoms with Crippen LogP contribution in [0.4, 0.5) is 0 Å². The van der Waals surface area contributed by atoms with E-state index in [0.29, 0.717) is 12.1 Å². The van der Waals surface area contributed by atoms with Gasteiger partial charge in [-0.15, -0.1) is 35.3 Å². The fourth-order valence-corrected chi connectivity index (χ4v) is 2.73. The second kappa shape index (κ2) is 7.59. The number of nitrogens with zero attached hydrogens (tertiary/aromatic N) is 2. The first kappa shape index (κ1) is 16.0. The molecule has 2 aliphatic rings. The molecule has 2 N–H and O–H groups in total. The highest BCUT2D eigenvalue weighted by Crippen LogP contribution is 2.21. The summed E-state index contributed by atoms with van der Waals surface area (Å²) >= 11 is 1.76. The molecule has 2 aliphatic carbocycles. The zero-order valence-corrected chi connectivity index (χ0v) is 15.0. The van der Waals surface area contributed by atoms with Crippen molar-refractivity contribution in [2.24, 2.45) is 4.99 Å². The van der Waals surface area contributed by atoms with Crippen LogP contribution in [0.2, 0.25) is 0 Å². The van der Waals surface area contributed by atoms with Gasteiger partial charge < -0.3 is 10.6 Å². The lowest BCUT2D eigenvalue weighted by atomic mass is 10.3. The average molecular weight is 406 g/mol. The van der Waals surface area contributed by atoms with Gasteiger partial charge in [-0.25, -0.2) is 4.98 Å². The highest BCUT2D eigenvalue weighted by molar-refractivity contribution is 14.0. The Morgan fingerprint density at radius 3 is 2.45 bits per heavy atom. The zero-order valence-electron chi connectivity index (χ0n) is 11.9. The summed E-state index contributed by atoms with van der Waals surface area (Å²) in [6, 6.07) is 1.35. The van der Waals surface area contributed by atoms with Crippen LogP contribution in [-0.2, 0) is 6.42 Å². The molecular formula is C14H23IN4S. The van der Waals surface area contributed by atoms with Crippen molar-refractivity contribution in [3.05, 3.63) is 16.1 Å². The van der Waals surface area contributed by atoms with Crippen molar-refractivity contribution in [3.8, 4) is 0 Å². The van der Waals surface area contributed by atoms with E-state index in [4.69, 9.17) is 0 Å². The van der Waals surface area contributed by atoms with Crippen LogP contribution in [-0.4, -0.2) is 29.6 Å². The second-order valence-electron chi connectivity index (χ2n) is 5.55. The van der Waals surface area contributed by atoms with Crippen LogP contribution in [0.3, 0.4) is 0 Å². The normalized spacial score (nSPS) is 17.2. The van der Waals surface area contributed by atoms with Gasteiger partial charge in [-0.2, -0.15) is 0 Å². The molecule has 0 atom stereocenters. The van der Waals surface area contributed by atoms with Gasteiger partial charge in [0.15, 0.2) is 5.96 Å². The Morgan fingerprint density at radius 1 is 1.30 bits per heavy atom. The maximum absolute atomic E-state index is 4.68. The first-order valence-electron chi connectivity index (χ1n) is 7.28. The minimum atomic E-state index is 0. The molecule has 0 spiro atoms. The van der Waals surface area contributed by atoms with Crippen molar-refractivity contribution in [3.63, 3.8) is 0 Å². The van der Waals surface area contributed by atoms with Gasteiger partial charge in [-0.05, 0) is 39.0 Å². The Morgan fingerprint density at radius 2 is 1.95 bits per heavy atom. The highest BCUT2D eigenvalue weighted by atomic mass is 127. The van der Waals surface area contributed by atoms with Crippen LogP contribution >= 0.6 is 35.3 Å². The molecule has 0 saturated heterocycles. The number of halogens is 1. The van der Waals surface area contributed by atoms with Crippen LogP contribution in [0, 0.1) is 6.92 Å². The van der Waals surface area contributed by atoms with Crippen molar-refractivity contribution in [2.75, 3.05) is 6.54 Å². The molecule has 0 bridgehead atoms. The molecule has 6 heteroatoms. The van der Waals surface area contributed by atoms with E-state index >= 15 is 0 Å². The third-order valence-electron chi connectivity index (χ3n) is 3.32. The smallest absolute Gasteiger partial charge is 0.191 e. The molecule has 2 saturated carbocycles. The summed E-state index contributed by atoms with van der Waals surface area (Å²) in [5, 5.41) is 10.3. The Balaban J connectivity index is 0.00000147. The molecule has 3 rings (SSSR count). The number of rotatable bonds is 6. The van der Waals surface area contributed by atoms with E-state index in [1.807, 2.05) is 0 Å². The van der Waals surface area contributed by atoms with Gasteiger partial charge in [0.2, 0.25) is 0 Å². The van der Waals surface area contributed by atoms with Crippen LogP contribution in [0.1, 0.15) is 42.8 Å². The van der Waals surface area contributed by atoms with Crippen molar-refractivity contribution in [1.82, 2.24) is 15.6 Å². The Kier molecular flexibility index (Phi) is 6.07. The molecule has 2 fully saturated rings. The van der Waals surface area contributed by atoms with Crippen LogP contribution in [0.15, 0.2) is 10.4 Å². The van der Waals surface area contributed by atoms with E-state index in [0.717, 1.165) is 31.0 Å². The molecule has 20 heavy (non-hydrogen) atoms. The summed E-state index contributed by atoms with van der Waals surface area (Å²) in [7, 11) is 0. The summed E-state index contributed by atoms with van der Waals surface area (Å²) in [6.07, 6.45) is 7.30. The van der Waals surface area contributed by atoms with Gasteiger partial charge in [0.05, 0.1) is 5.01 Å². The third-order valence-corrected chi connectivity index (χ3v) is 4.35. The van der Waals surface area contributed by atoms with E-state index in [-0.39, 0.29) is 24.0 Å². The first-order valence-corrected chi connectivity index (χ1v) is 8.16. The van der Waals surface area contributed by atoms with Crippen LogP contribution < -0.4 is 10.6 Å². The summed E-state index contributed by atoms with van der Waals surface area (Å²) in [4.78, 5) is 9.16. The molecule has 1 aromatic heterocycles. The van der Waals surface area contributed by atoms with E-state index in [1.165, 1.54) is 30.7 Å². The monoisotopic (exact) mass is 406 g/mol. The Bertz CT molecular complexity index is 436. The number of nitrogens with one attached hydrogen (secondary N) is 2. The maximum Gasteiger partial charge on any atom is 0.191 e. The number of aromatic nitrogens is 1. The quantitative estimate of drug-likeness (QED) is 0.331.